The molecule has 1 N–H and O–H groups in total. The summed E-state index contributed by atoms with van der Waals surface area (Å²) in [6.45, 7) is 0.941. The molecule has 6 heteroatoms. The van der Waals surface area contributed by atoms with E-state index in [1.165, 1.54) is 12.1 Å². The Morgan fingerprint density at radius 3 is 3.15 bits per heavy atom. The molecule has 0 aliphatic carbocycles. The van der Waals surface area contributed by atoms with Crippen LogP contribution in [-0.2, 0) is 17.8 Å². The number of aromatic amines is 1. The molecular weight excluding hydrogens is 261 g/mol. The SMILES string of the molecule is O=C(COc1ccccc1F)N1CCc2nc[nH]c2C1. The fourth-order valence-electron chi connectivity index (χ4n) is 2.22. The van der Waals surface area contributed by atoms with Crippen LogP contribution in [-0.4, -0.2) is 33.9 Å². The van der Waals surface area contributed by atoms with E-state index in [1.54, 1.807) is 23.4 Å². The van der Waals surface area contributed by atoms with Crippen molar-refractivity contribution in [2.24, 2.45) is 0 Å². The molecule has 3 rings (SSSR count). The highest BCUT2D eigenvalue weighted by Crippen LogP contribution is 2.17. The fraction of sp³-hybridized carbons (Fsp3) is 0.286. The molecule has 0 spiro atoms. The molecule has 0 saturated heterocycles. The van der Waals surface area contributed by atoms with Crippen LogP contribution in [0.5, 0.6) is 5.75 Å². The topological polar surface area (TPSA) is 58.2 Å². The number of nitrogens with zero attached hydrogens (tertiary/aromatic N) is 2. The van der Waals surface area contributed by atoms with Crippen LogP contribution in [0.1, 0.15) is 11.4 Å². The van der Waals surface area contributed by atoms with E-state index in [0.29, 0.717) is 13.1 Å². The van der Waals surface area contributed by atoms with Crippen LogP contribution in [0, 0.1) is 5.82 Å². The number of carbonyl (C=O) groups is 1. The first-order valence-corrected chi connectivity index (χ1v) is 6.40. The Bertz CT molecular complexity index is 626. The van der Waals surface area contributed by atoms with Gasteiger partial charge in [0.1, 0.15) is 0 Å². The Kier molecular flexibility index (Phi) is 3.37. The molecular formula is C14H14FN3O2. The van der Waals surface area contributed by atoms with Crippen molar-refractivity contribution < 1.29 is 13.9 Å². The van der Waals surface area contributed by atoms with Crippen molar-refractivity contribution in [3.63, 3.8) is 0 Å². The van der Waals surface area contributed by atoms with Crippen molar-refractivity contribution in [1.82, 2.24) is 14.9 Å². The Morgan fingerprint density at radius 2 is 2.30 bits per heavy atom. The maximum Gasteiger partial charge on any atom is 0.260 e. The molecule has 0 saturated carbocycles. The maximum absolute atomic E-state index is 13.4. The minimum atomic E-state index is -0.463. The van der Waals surface area contributed by atoms with Crippen molar-refractivity contribution in [2.75, 3.05) is 13.2 Å². The number of carbonyl (C=O) groups excluding carboxylic acids is 1. The van der Waals surface area contributed by atoms with E-state index in [2.05, 4.69) is 9.97 Å². The average molecular weight is 275 g/mol. The van der Waals surface area contributed by atoms with Gasteiger partial charge in [-0.05, 0) is 12.1 Å². The second kappa shape index (κ2) is 5.32. The number of halogens is 1. The summed E-state index contributed by atoms with van der Waals surface area (Å²) in [6, 6.07) is 6.05. The third kappa shape index (κ3) is 2.49. The van der Waals surface area contributed by atoms with Crippen LogP contribution in [0.2, 0.25) is 0 Å². The van der Waals surface area contributed by atoms with Gasteiger partial charge >= 0.3 is 0 Å². The quantitative estimate of drug-likeness (QED) is 0.923. The molecule has 0 radical (unpaired) electrons. The molecule has 1 amide bonds. The minimum absolute atomic E-state index is 0.0973. The Balaban J connectivity index is 1.59. The molecule has 20 heavy (non-hydrogen) atoms. The summed E-state index contributed by atoms with van der Waals surface area (Å²) in [7, 11) is 0. The summed E-state index contributed by atoms with van der Waals surface area (Å²) >= 11 is 0. The Morgan fingerprint density at radius 1 is 1.45 bits per heavy atom. The van der Waals surface area contributed by atoms with E-state index in [1.807, 2.05) is 0 Å². The summed E-state index contributed by atoms with van der Waals surface area (Å²) in [5.74, 6) is -0.525. The predicted octanol–water partition coefficient (Wildman–Crippen LogP) is 1.51. The summed E-state index contributed by atoms with van der Waals surface area (Å²) in [6.07, 6.45) is 2.36. The van der Waals surface area contributed by atoms with Gasteiger partial charge in [0.25, 0.3) is 5.91 Å². The summed E-state index contributed by atoms with van der Waals surface area (Å²) in [4.78, 5) is 20.9. The molecule has 0 atom stereocenters. The number of benzene rings is 1. The first-order valence-electron chi connectivity index (χ1n) is 6.40. The zero-order valence-corrected chi connectivity index (χ0v) is 10.8. The molecule has 1 aliphatic heterocycles. The zero-order chi connectivity index (χ0) is 13.9. The molecule has 1 aliphatic rings. The first kappa shape index (κ1) is 12.7. The zero-order valence-electron chi connectivity index (χ0n) is 10.8. The number of ether oxygens (including phenoxy) is 1. The van der Waals surface area contributed by atoms with Gasteiger partial charge in [0.15, 0.2) is 18.2 Å². The summed E-state index contributed by atoms with van der Waals surface area (Å²) in [5, 5.41) is 0. The number of fused-ring (bicyclic) bond motifs is 1. The van der Waals surface area contributed by atoms with Gasteiger partial charge in [-0.3, -0.25) is 4.79 Å². The highest BCUT2D eigenvalue weighted by molar-refractivity contribution is 5.78. The number of para-hydroxylation sites is 1. The molecule has 1 aromatic heterocycles. The number of hydrogen-bond acceptors (Lipinski definition) is 3. The van der Waals surface area contributed by atoms with Crippen LogP contribution in [0.3, 0.4) is 0 Å². The Hall–Kier alpha value is -2.37. The molecule has 2 heterocycles. The van der Waals surface area contributed by atoms with E-state index in [-0.39, 0.29) is 18.3 Å². The second-order valence-corrected chi connectivity index (χ2v) is 4.61. The fourth-order valence-corrected chi connectivity index (χ4v) is 2.22. The lowest BCUT2D eigenvalue weighted by atomic mass is 10.1. The third-order valence-corrected chi connectivity index (χ3v) is 3.32. The smallest absolute Gasteiger partial charge is 0.260 e. The number of nitrogens with one attached hydrogen (secondary N) is 1. The van der Waals surface area contributed by atoms with Crippen LogP contribution in [0.25, 0.3) is 0 Å². The molecule has 1 aromatic carbocycles. The van der Waals surface area contributed by atoms with E-state index < -0.39 is 5.82 Å². The number of H-pyrrole nitrogens is 1. The molecule has 2 aromatic rings. The largest absolute Gasteiger partial charge is 0.481 e. The van der Waals surface area contributed by atoms with Crippen molar-refractivity contribution in [2.45, 2.75) is 13.0 Å². The predicted molar refractivity (Wildman–Crippen MR) is 69.6 cm³/mol. The number of aromatic nitrogens is 2. The van der Waals surface area contributed by atoms with Gasteiger partial charge in [-0.15, -0.1) is 0 Å². The minimum Gasteiger partial charge on any atom is -0.481 e. The third-order valence-electron chi connectivity index (χ3n) is 3.32. The highest BCUT2D eigenvalue weighted by Gasteiger charge is 2.22. The summed E-state index contributed by atoms with van der Waals surface area (Å²) in [5.41, 5.74) is 1.96. The lowest BCUT2D eigenvalue weighted by Crippen LogP contribution is -2.38. The lowest BCUT2D eigenvalue weighted by Gasteiger charge is -2.26. The van der Waals surface area contributed by atoms with Crippen molar-refractivity contribution >= 4 is 5.91 Å². The van der Waals surface area contributed by atoms with Gasteiger partial charge in [0, 0.05) is 13.0 Å². The Labute approximate surface area is 115 Å². The molecule has 0 fully saturated rings. The van der Waals surface area contributed by atoms with Crippen molar-refractivity contribution in [3.8, 4) is 5.75 Å². The number of imidazole rings is 1. The van der Waals surface area contributed by atoms with Crippen LogP contribution < -0.4 is 4.74 Å². The van der Waals surface area contributed by atoms with Gasteiger partial charge in [-0.25, -0.2) is 9.37 Å². The normalized spacial score (nSPS) is 13.9. The average Bonchev–Trinajstić information content (AvgIpc) is 2.93. The van der Waals surface area contributed by atoms with Crippen molar-refractivity contribution in [3.05, 3.63) is 47.8 Å². The van der Waals surface area contributed by atoms with Gasteiger partial charge in [0.2, 0.25) is 0 Å². The number of hydrogen-bond donors (Lipinski definition) is 1. The van der Waals surface area contributed by atoms with Gasteiger partial charge < -0.3 is 14.6 Å². The monoisotopic (exact) mass is 275 g/mol. The van der Waals surface area contributed by atoms with E-state index in [0.717, 1.165) is 17.8 Å². The molecule has 104 valence electrons. The summed E-state index contributed by atoms with van der Waals surface area (Å²) < 4.78 is 18.6. The highest BCUT2D eigenvalue weighted by atomic mass is 19.1. The van der Waals surface area contributed by atoms with E-state index in [9.17, 15) is 9.18 Å². The lowest BCUT2D eigenvalue weighted by molar-refractivity contribution is -0.134. The van der Waals surface area contributed by atoms with Gasteiger partial charge in [-0.1, -0.05) is 12.1 Å². The molecule has 0 unspecified atom stereocenters. The van der Waals surface area contributed by atoms with Crippen molar-refractivity contribution in [1.29, 1.82) is 0 Å². The first-order chi connectivity index (χ1) is 9.74. The standard InChI is InChI=1S/C14H14FN3O2/c15-10-3-1-2-4-13(10)20-8-14(19)18-6-5-11-12(7-18)17-9-16-11/h1-4,9H,5-8H2,(H,16,17). The molecule has 0 bridgehead atoms. The van der Waals surface area contributed by atoms with E-state index >= 15 is 0 Å². The van der Waals surface area contributed by atoms with Crippen LogP contribution in [0.15, 0.2) is 30.6 Å². The van der Waals surface area contributed by atoms with E-state index in [4.69, 9.17) is 4.74 Å². The number of amides is 1. The van der Waals surface area contributed by atoms with Gasteiger partial charge in [0.05, 0.1) is 24.3 Å². The second-order valence-electron chi connectivity index (χ2n) is 4.61. The van der Waals surface area contributed by atoms with Crippen LogP contribution in [0.4, 0.5) is 4.39 Å². The maximum atomic E-state index is 13.4. The number of rotatable bonds is 3. The van der Waals surface area contributed by atoms with Gasteiger partial charge in [-0.2, -0.15) is 0 Å². The van der Waals surface area contributed by atoms with Crippen LogP contribution >= 0.6 is 0 Å². The molecule has 5 nitrogen and oxygen atoms in total.